The number of hydrogen-bond acceptors (Lipinski definition) is 6. The van der Waals surface area contributed by atoms with Crippen LogP contribution in [0.1, 0.15) is 35.5 Å². The molecule has 212 valence electrons. The minimum atomic E-state index is 0. The Bertz CT molecular complexity index is 1120. The summed E-state index contributed by atoms with van der Waals surface area (Å²) in [6.45, 7) is 3.66. The fourth-order valence-electron chi connectivity index (χ4n) is 4.06. The highest BCUT2D eigenvalue weighted by molar-refractivity contribution is 5.99. The molecule has 2 aliphatic heterocycles. The van der Waals surface area contributed by atoms with Crippen LogP contribution in [-0.2, 0) is 13.1 Å². The Morgan fingerprint density at radius 1 is 0.538 bits per heavy atom. The van der Waals surface area contributed by atoms with Crippen molar-refractivity contribution < 1.29 is 63.9 Å². The number of nitrogens with zero attached hydrogens (tertiary/aromatic N) is 4. The van der Waals surface area contributed by atoms with E-state index in [4.69, 9.17) is 8.83 Å². The van der Waals surface area contributed by atoms with Gasteiger partial charge in [-0.05, 0) is 35.4 Å². The first kappa shape index (κ1) is 36.1. The number of hydrogen-bond donors (Lipinski definition) is 0. The van der Waals surface area contributed by atoms with Crippen LogP contribution in [0.4, 0.5) is 0 Å². The SMILES string of the molecule is O.[Cl-].[Cl-].[Cl-].[Cl-].c1ccc(CN2CCC(c3ccco3)=N2)cc1.c1ccc(CN2CCC(c3ccco3)=N2)cc1. The third-order valence-corrected chi connectivity index (χ3v) is 5.76. The second kappa shape index (κ2) is 18.4. The highest BCUT2D eigenvalue weighted by Gasteiger charge is 2.18. The molecule has 0 saturated heterocycles. The molecule has 4 aromatic rings. The Hall–Kier alpha value is -2.94. The molecular formula is C28H30Cl4N4O3-4. The second-order valence-electron chi connectivity index (χ2n) is 8.30. The van der Waals surface area contributed by atoms with E-state index >= 15 is 0 Å². The zero-order valence-electron chi connectivity index (χ0n) is 21.1. The van der Waals surface area contributed by atoms with Crippen molar-refractivity contribution in [2.75, 3.05) is 13.1 Å². The first-order valence-corrected chi connectivity index (χ1v) is 11.6. The molecule has 2 N–H and O–H groups in total. The maximum Gasteiger partial charge on any atom is 0.149 e. The van der Waals surface area contributed by atoms with E-state index < -0.39 is 0 Å². The highest BCUT2D eigenvalue weighted by atomic mass is 35.5. The summed E-state index contributed by atoms with van der Waals surface area (Å²) in [6.07, 6.45) is 5.30. The summed E-state index contributed by atoms with van der Waals surface area (Å²) < 4.78 is 10.7. The molecule has 0 radical (unpaired) electrons. The molecule has 11 heteroatoms. The lowest BCUT2D eigenvalue weighted by Crippen LogP contribution is -3.00. The van der Waals surface area contributed by atoms with Crippen molar-refractivity contribution in [2.24, 2.45) is 10.2 Å². The minimum absolute atomic E-state index is 0. The van der Waals surface area contributed by atoms with Gasteiger partial charge in [-0.1, -0.05) is 60.7 Å². The molecule has 0 saturated carbocycles. The zero-order valence-corrected chi connectivity index (χ0v) is 24.1. The van der Waals surface area contributed by atoms with Gasteiger partial charge in [0.2, 0.25) is 0 Å². The molecule has 0 fully saturated rings. The number of halogens is 4. The fraction of sp³-hybridized carbons (Fsp3) is 0.214. The van der Waals surface area contributed by atoms with E-state index in [1.54, 1.807) is 12.5 Å². The number of hydrazone groups is 2. The predicted molar refractivity (Wildman–Crippen MR) is 137 cm³/mol. The first-order chi connectivity index (χ1) is 16.8. The lowest BCUT2D eigenvalue weighted by atomic mass is 10.2. The van der Waals surface area contributed by atoms with Gasteiger partial charge in [0.05, 0.1) is 25.6 Å². The van der Waals surface area contributed by atoms with Gasteiger partial charge in [0.25, 0.3) is 0 Å². The quantitative estimate of drug-likeness (QED) is 0.217. The summed E-state index contributed by atoms with van der Waals surface area (Å²) in [5, 5.41) is 13.3. The van der Waals surface area contributed by atoms with E-state index in [0.717, 1.165) is 62.0 Å². The van der Waals surface area contributed by atoms with E-state index in [0.29, 0.717) is 0 Å². The Morgan fingerprint density at radius 2 is 0.923 bits per heavy atom. The minimum Gasteiger partial charge on any atom is -1.00 e. The van der Waals surface area contributed by atoms with Crippen molar-refractivity contribution in [3.05, 3.63) is 120 Å². The molecule has 7 nitrogen and oxygen atoms in total. The van der Waals surface area contributed by atoms with E-state index in [9.17, 15) is 0 Å². The van der Waals surface area contributed by atoms with Crippen molar-refractivity contribution in [2.45, 2.75) is 25.9 Å². The highest BCUT2D eigenvalue weighted by Crippen LogP contribution is 2.17. The molecule has 0 bridgehead atoms. The van der Waals surface area contributed by atoms with E-state index in [1.807, 2.05) is 36.4 Å². The summed E-state index contributed by atoms with van der Waals surface area (Å²) in [5.41, 5.74) is 4.67. The third kappa shape index (κ3) is 10.3. The van der Waals surface area contributed by atoms with Crippen molar-refractivity contribution in [3.63, 3.8) is 0 Å². The molecule has 2 aliphatic rings. The lowest BCUT2D eigenvalue weighted by molar-refractivity contribution is -0.00100. The summed E-state index contributed by atoms with van der Waals surface area (Å²) >= 11 is 0. The van der Waals surface area contributed by atoms with Crippen LogP contribution in [0.2, 0.25) is 0 Å². The second-order valence-corrected chi connectivity index (χ2v) is 8.30. The predicted octanol–water partition coefficient (Wildman–Crippen LogP) is -7.03. The van der Waals surface area contributed by atoms with E-state index in [2.05, 4.69) is 68.8 Å². The van der Waals surface area contributed by atoms with Gasteiger partial charge >= 0.3 is 0 Å². The van der Waals surface area contributed by atoms with Crippen LogP contribution in [0.5, 0.6) is 0 Å². The van der Waals surface area contributed by atoms with Gasteiger partial charge in [0.15, 0.2) is 0 Å². The normalized spacial score (nSPS) is 13.1. The van der Waals surface area contributed by atoms with Crippen LogP contribution in [0.15, 0.2) is 116 Å². The molecule has 2 aromatic carbocycles. The molecule has 6 rings (SSSR count). The van der Waals surface area contributed by atoms with Crippen LogP contribution < -0.4 is 49.6 Å². The van der Waals surface area contributed by atoms with Gasteiger partial charge in [-0.3, -0.25) is 10.0 Å². The molecule has 39 heavy (non-hydrogen) atoms. The van der Waals surface area contributed by atoms with E-state index in [-0.39, 0.29) is 55.1 Å². The van der Waals surface area contributed by atoms with Gasteiger partial charge in [0.1, 0.15) is 22.9 Å². The first-order valence-electron chi connectivity index (χ1n) is 11.6. The van der Waals surface area contributed by atoms with Crippen molar-refractivity contribution in [3.8, 4) is 0 Å². The Kier molecular flexibility index (Phi) is 17.0. The summed E-state index contributed by atoms with van der Waals surface area (Å²) in [5.74, 6) is 1.78. The summed E-state index contributed by atoms with van der Waals surface area (Å²) in [7, 11) is 0. The Balaban J connectivity index is 0.000000656. The average molecular weight is 612 g/mol. The van der Waals surface area contributed by atoms with Crippen LogP contribution in [0.3, 0.4) is 0 Å². The van der Waals surface area contributed by atoms with Crippen molar-refractivity contribution in [1.82, 2.24) is 10.0 Å². The maximum atomic E-state index is 5.36. The average Bonchev–Trinajstić information content (AvgIpc) is 3.69. The molecule has 2 aromatic heterocycles. The van der Waals surface area contributed by atoms with Crippen molar-refractivity contribution in [1.29, 1.82) is 0 Å². The van der Waals surface area contributed by atoms with Gasteiger partial charge in [-0.15, -0.1) is 0 Å². The third-order valence-electron chi connectivity index (χ3n) is 5.76. The molecule has 0 spiro atoms. The molecule has 4 heterocycles. The van der Waals surface area contributed by atoms with Gasteiger partial charge in [-0.2, -0.15) is 10.2 Å². The van der Waals surface area contributed by atoms with Crippen LogP contribution in [0.25, 0.3) is 0 Å². The van der Waals surface area contributed by atoms with Gasteiger partial charge in [-0.25, -0.2) is 0 Å². The summed E-state index contributed by atoms with van der Waals surface area (Å²) in [6, 6.07) is 28.5. The molecule has 0 amide bonds. The standard InChI is InChI=1S/2C14H14N2O.4ClH.H2O/c2*1-2-5-12(6-3-1)11-16-9-8-13(15-16)14-7-4-10-17-14;;;;;/h2*1-7,10H,8-9,11H2;4*1H;1H2/p-4. The smallest absolute Gasteiger partial charge is 0.149 e. The largest absolute Gasteiger partial charge is 1.00 e. The Morgan fingerprint density at radius 3 is 1.26 bits per heavy atom. The Labute approximate surface area is 253 Å². The fourth-order valence-corrected chi connectivity index (χ4v) is 4.06. The van der Waals surface area contributed by atoms with E-state index in [1.165, 1.54) is 11.1 Å². The van der Waals surface area contributed by atoms with Crippen molar-refractivity contribution >= 4 is 11.4 Å². The lowest BCUT2D eigenvalue weighted by Gasteiger charge is -2.12. The number of benzene rings is 2. The molecule has 0 aliphatic carbocycles. The van der Waals surface area contributed by atoms with Crippen LogP contribution in [0, 0.1) is 0 Å². The monoisotopic (exact) mass is 610 g/mol. The van der Waals surface area contributed by atoms with Crippen LogP contribution in [-0.4, -0.2) is 40.0 Å². The maximum absolute atomic E-state index is 5.36. The molecular weight excluding hydrogens is 582 g/mol. The zero-order chi connectivity index (χ0) is 23.0. The van der Waals surface area contributed by atoms with Gasteiger partial charge in [0, 0.05) is 25.9 Å². The van der Waals surface area contributed by atoms with Gasteiger partial charge < -0.3 is 63.9 Å². The number of furan rings is 2. The molecule has 0 atom stereocenters. The summed E-state index contributed by atoms with van der Waals surface area (Å²) in [4.78, 5) is 0. The number of rotatable bonds is 6. The topological polar surface area (TPSA) is 89.0 Å². The molecule has 0 unspecified atom stereocenters. The van der Waals surface area contributed by atoms with Crippen LogP contribution >= 0.6 is 0 Å².